The van der Waals surface area contributed by atoms with Crippen LogP contribution < -0.4 is 4.74 Å². The molecule has 3 heterocycles. The second-order valence-electron chi connectivity index (χ2n) is 14.6. The van der Waals surface area contributed by atoms with Gasteiger partial charge in [0.05, 0.1) is 22.9 Å². The Morgan fingerprint density at radius 3 is 2.14 bits per heavy atom. The van der Waals surface area contributed by atoms with Crippen molar-refractivity contribution in [3.8, 4) is 34.1 Å². The largest absolute Gasteiger partial charge is 0.457 e. The van der Waals surface area contributed by atoms with Crippen LogP contribution in [0.4, 0.5) is 0 Å². The molecule has 3 aromatic heterocycles. The fourth-order valence-corrected chi connectivity index (χ4v) is 7.68. The van der Waals surface area contributed by atoms with Crippen molar-refractivity contribution in [3.63, 3.8) is 0 Å². The minimum atomic E-state index is 0.317. The van der Waals surface area contributed by atoms with E-state index in [-0.39, 0.29) is 0 Å². The van der Waals surface area contributed by atoms with Gasteiger partial charge in [-0.1, -0.05) is 90.8 Å². The van der Waals surface area contributed by atoms with Gasteiger partial charge >= 0.3 is 0 Å². The summed E-state index contributed by atoms with van der Waals surface area (Å²) in [5.74, 6) is 3.73. The molecular weight excluding hydrogens is 625 g/mol. The number of aromatic nitrogens is 4. The molecule has 0 saturated heterocycles. The molecule has 0 aliphatic carbocycles. The van der Waals surface area contributed by atoms with E-state index in [1.165, 1.54) is 44.2 Å². The van der Waals surface area contributed by atoms with E-state index in [1.807, 2.05) is 23.1 Å². The van der Waals surface area contributed by atoms with Crippen molar-refractivity contribution >= 4 is 21.8 Å². The standard InChI is InChI=1S/C46H50N4O/c1-8-13-32(6)39-16-12-17-40(33(7)14-9-2)46(39)35-28-48-49(29-35)36-24-34(30(3)4)25-38(26-36)51-37-19-20-42-41-15-10-11-18-43(41)50(44(42)27-37)45-23-31(5)21-22-47-45/h10-12,15-30,32-33H,8-9,13-14H2,1-7H3/t32-,33?/m1/s1. The summed E-state index contributed by atoms with van der Waals surface area (Å²) in [5, 5.41) is 7.34. The highest BCUT2D eigenvalue weighted by atomic mass is 16.5. The predicted molar refractivity (Wildman–Crippen MR) is 213 cm³/mol. The van der Waals surface area contributed by atoms with Crippen LogP contribution in [-0.4, -0.2) is 19.3 Å². The second-order valence-corrected chi connectivity index (χ2v) is 14.6. The lowest BCUT2D eigenvalue weighted by Crippen LogP contribution is -2.03. The molecule has 2 atom stereocenters. The minimum Gasteiger partial charge on any atom is -0.457 e. The number of ether oxygens (including phenoxy) is 1. The first-order chi connectivity index (χ1) is 24.7. The maximum Gasteiger partial charge on any atom is 0.137 e. The summed E-state index contributed by atoms with van der Waals surface area (Å²) >= 11 is 0. The molecule has 0 N–H and O–H groups in total. The smallest absolute Gasteiger partial charge is 0.137 e. The Hall–Kier alpha value is -5.16. The van der Waals surface area contributed by atoms with E-state index in [4.69, 9.17) is 14.8 Å². The highest BCUT2D eigenvalue weighted by molar-refractivity contribution is 6.09. The molecule has 0 aliphatic rings. The van der Waals surface area contributed by atoms with E-state index in [0.717, 1.165) is 59.7 Å². The van der Waals surface area contributed by atoms with Crippen molar-refractivity contribution in [2.75, 3.05) is 0 Å². The number of benzene rings is 4. The first kappa shape index (κ1) is 34.3. The summed E-state index contributed by atoms with van der Waals surface area (Å²) in [6, 6.07) is 32.5. The predicted octanol–water partition coefficient (Wildman–Crippen LogP) is 13.1. The van der Waals surface area contributed by atoms with Crippen LogP contribution in [0.5, 0.6) is 11.5 Å². The molecule has 0 radical (unpaired) electrons. The van der Waals surface area contributed by atoms with Gasteiger partial charge in [0.25, 0.3) is 0 Å². The lowest BCUT2D eigenvalue weighted by atomic mass is 9.82. The maximum atomic E-state index is 6.72. The molecule has 0 amide bonds. The summed E-state index contributed by atoms with van der Waals surface area (Å²) < 4.78 is 11.0. The first-order valence-corrected chi connectivity index (χ1v) is 18.7. The quantitative estimate of drug-likeness (QED) is 0.130. The van der Waals surface area contributed by atoms with Crippen LogP contribution in [0.1, 0.15) is 107 Å². The van der Waals surface area contributed by atoms with Gasteiger partial charge in [-0.15, -0.1) is 0 Å². The molecule has 0 saturated carbocycles. The summed E-state index contributed by atoms with van der Waals surface area (Å²) in [4.78, 5) is 4.76. The van der Waals surface area contributed by atoms with Crippen molar-refractivity contribution in [2.24, 2.45) is 0 Å². The molecule has 4 aromatic carbocycles. The van der Waals surface area contributed by atoms with Gasteiger partial charge in [0, 0.05) is 40.9 Å². The van der Waals surface area contributed by atoms with E-state index in [9.17, 15) is 0 Å². The van der Waals surface area contributed by atoms with Gasteiger partial charge in [0.1, 0.15) is 17.3 Å². The molecule has 7 aromatic rings. The van der Waals surface area contributed by atoms with Crippen molar-refractivity contribution in [2.45, 2.75) is 91.9 Å². The Kier molecular flexibility index (Phi) is 9.82. The third-order valence-electron chi connectivity index (χ3n) is 10.4. The molecule has 0 bridgehead atoms. The Morgan fingerprint density at radius 1 is 0.706 bits per heavy atom. The number of fused-ring (bicyclic) bond motifs is 3. The van der Waals surface area contributed by atoms with Crippen LogP contribution in [0.3, 0.4) is 0 Å². The Balaban J connectivity index is 1.29. The fraction of sp³-hybridized carbons (Fsp3) is 0.304. The minimum absolute atomic E-state index is 0.317. The van der Waals surface area contributed by atoms with E-state index in [1.54, 1.807) is 0 Å². The van der Waals surface area contributed by atoms with E-state index in [0.29, 0.717) is 17.8 Å². The molecular formula is C46H50N4O. The topological polar surface area (TPSA) is 44.9 Å². The highest BCUT2D eigenvalue weighted by Crippen LogP contribution is 2.40. The number of hydrogen-bond donors (Lipinski definition) is 0. The van der Waals surface area contributed by atoms with E-state index in [2.05, 4.69) is 144 Å². The van der Waals surface area contributed by atoms with Crippen molar-refractivity contribution in [3.05, 3.63) is 132 Å². The Bertz CT molecular complexity index is 2280. The molecule has 5 nitrogen and oxygen atoms in total. The van der Waals surface area contributed by atoms with Gasteiger partial charge in [-0.05, 0) is 108 Å². The molecule has 0 aliphatic heterocycles. The third kappa shape index (κ3) is 6.82. The molecule has 1 unspecified atom stereocenters. The summed E-state index contributed by atoms with van der Waals surface area (Å²) in [7, 11) is 0. The monoisotopic (exact) mass is 674 g/mol. The van der Waals surface area contributed by atoms with Crippen LogP contribution >= 0.6 is 0 Å². The van der Waals surface area contributed by atoms with Crippen molar-refractivity contribution in [1.29, 1.82) is 0 Å². The highest BCUT2D eigenvalue weighted by Gasteiger charge is 2.21. The second kappa shape index (κ2) is 14.6. The number of pyridine rings is 1. The van der Waals surface area contributed by atoms with Gasteiger partial charge in [-0.2, -0.15) is 5.10 Å². The summed E-state index contributed by atoms with van der Waals surface area (Å²) in [6.07, 6.45) is 10.8. The zero-order valence-corrected chi connectivity index (χ0v) is 31.1. The molecule has 5 heteroatoms. The molecule has 0 fully saturated rings. The van der Waals surface area contributed by atoms with Gasteiger partial charge in [-0.3, -0.25) is 4.57 Å². The zero-order valence-electron chi connectivity index (χ0n) is 31.1. The van der Waals surface area contributed by atoms with Gasteiger partial charge < -0.3 is 4.74 Å². The molecule has 260 valence electrons. The number of aryl methyl sites for hydroxylation is 1. The van der Waals surface area contributed by atoms with Crippen LogP contribution in [0.15, 0.2) is 110 Å². The van der Waals surface area contributed by atoms with Crippen LogP contribution in [-0.2, 0) is 0 Å². The lowest BCUT2D eigenvalue weighted by Gasteiger charge is -2.22. The number of rotatable bonds is 12. The van der Waals surface area contributed by atoms with Crippen LogP contribution in [0, 0.1) is 6.92 Å². The number of nitrogens with zero attached hydrogens (tertiary/aromatic N) is 4. The molecule has 51 heavy (non-hydrogen) atoms. The van der Waals surface area contributed by atoms with Crippen molar-refractivity contribution < 1.29 is 4.74 Å². The average molecular weight is 675 g/mol. The van der Waals surface area contributed by atoms with Crippen LogP contribution in [0.25, 0.3) is 44.4 Å². The van der Waals surface area contributed by atoms with Crippen LogP contribution in [0.2, 0.25) is 0 Å². The SMILES string of the molecule is CCCC(C)c1cccc([C@H](C)CCC)c1-c1cnn(-c2cc(Oc3ccc4c5ccccc5n(-c5cc(C)ccn5)c4c3)cc(C(C)C)c2)c1. The fourth-order valence-electron chi connectivity index (χ4n) is 7.68. The number of para-hydroxylation sites is 1. The third-order valence-corrected chi connectivity index (χ3v) is 10.4. The average Bonchev–Trinajstić information content (AvgIpc) is 3.75. The molecule has 0 spiro atoms. The summed E-state index contributed by atoms with van der Waals surface area (Å²) in [6.45, 7) is 15.8. The van der Waals surface area contributed by atoms with Gasteiger partial charge in [0.2, 0.25) is 0 Å². The Morgan fingerprint density at radius 2 is 1.43 bits per heavy atom. The van der Waals surface area contributed by atoms with Crippen molar-refractivity contribution in [1.82, 2.24) is 19.3 Å². The summed E-state index contributed by atoms with van der Waals surface area (Å²) in [5.41, 5.74) is 10.9. The van der Waals surface area contributed by atoms with Gasteiger partial charge in [-0.25, -0.2) is 9.67 Å². The maximum absolute atomic E-state index is 6.72. The normalized spacial score (nSPS) is 12.9. The van der Waals surface area contributed by atoms with E-state index < -0.39 is 0 Å². The first-order valence-electron chi connectivity index (χ1n) is 18.7. The molecule has 7 rings (SSSR count). The lowest BCUT2D eigenvalue weighted by molar-refractivity contribution is 0.481. The number of hydrogen-bond acceptors (Lipinski definition) is 3. The van der Waals surface area contributed by atoms with Gasteiger partial charge in [0.15, 0.2) is 0 Å². The van der Waals surface area contributed by atoms with E-state index >= 15 is 0 Å². The zero-order chi connectivity index (χ0) is 35.6. The Labute approximate surface area is 302 Å².